The summed E-state index contributed by atoms with van der Waals surface area (Å²) in [5.41, 5.74) is 6.66. The molecule has 0 saturated heterocycles. The molecule has 0 bridgehead atoms. The quantitative estimate of drug-likeness (QED) is 0.837. The molecule has 0 saturated carbocycles. The number of fused-ring (bicyclic) bond motifs is 1. The van der Waals surface area contributed by atoms with Gasteiger partial charge in [0.25, 0.3) is 0 Å². The van der Waals surface area contributed by atoms with Crippen molar-refractivity contribution in [2.45, 2.75) is 38.6 Å². The molecule has 0 spiro atoms. The van der Waals surface area contributed by atoms with Crippen molar-refractivity contribution in [1.82, 2.24) is 5.32 Å². The Morgan fingerprint density at radius 2 is 2.53 bits per heavy atom. The lowest BCUT2D eigenvalue weighted by atomic mass is 9.93. The van der Waals surface area contributed by atoms with Crippen molar-refractivity contribution in [2.24, 2.45) is 11.7 Å². The zero-order chi connectivity index (χ0) is 12.3. The fraction of sp³-hybridized carbons (Fsp3) is 0.615. The number of nitrogens with one attached hydrogen (secondary N) is 1. The lowest BCUT2D eigenvalue weighted by molar-refractivity contribution is -0.122. The van der Waals surface area contributed by atoms with Crippen molar-refractivity contribution < 1.29 is 9.21 Å². The van der Waals surface area contributed by atoms with Crippen LogP contribution in [0.2, 0.25) is 0 Å². The first-order valence-electron chi connectivity index (χ1n) is 6.26. The van der Waals surface area contributed by atoms with Gasteiger partial charge in [-0.2, -0.15) is 0 Å². The first-order valence-corrected chi connectivity index (χ1v) is 6.26. The summed E-state index contributed by atoms with van der Waals surface area (Å²) >= 11 is 0. The summed E-state index contributed by atoms with van der Waals surface area (Å²) in [5, 5.41) is 3.07. The smallest absolute Gasteiger partial charge is 0.220 e. The van der Waals surface area contributed by atoms with Crippen molar-refractivity contribution in [1.29, 1.82) is 0 Å². The second kappa shape index (κ2) is 5.36. The molecule has 0 radical (unpaired) electrons. The maximum absolute atomic E-state index is 11.8. The minimum atomic E-state index is 0.0852. The van der Waals surface area contributed by atoms with E-state index in [1.165, 1.54) is 0 Å². The molecule has 0 aliphatic heterocycles. The number of hydrogen-bond acceptors (Lipinski definition) is 3. The van der Waals surface area contributed by atoms with Crippen LogP contribution in [0.25, 0.3) is 0 Å². The Morgan fingerprint density at radius 3 is 3.29 bits per heavy atom. The van der Waals surface area contributed by atoms with E-state index in [9.17, 15) is 4.79 Å². The average Bonchev–Trinajstić information content (AvgIpc) is 2.78. The Labute approximate surface area is 102 Å². The summed E-state index contributed by atoms with van der Waals surface area (Å²) in [6, 6.07) is 2.08. The van der Waals surface area contributed by atoms with Crippen LogP contribution in [0.3, 0.4) is 0 Å². The third-order valence-corrected chi connectivity index (χ3v) is 3.32. The predicted molar refractivity (Wildman–Crippen MR) is 65.4 cm³/mol. The largest absolute Gasteiger partial charge is 0.469 e. The van der Waals surface area contributed by atoms with Crippen LogP contribution in [0.5, 0.6) is 0 Å². The van der Waals surface area contributed by atoms with Crippen molar-refractivity contribution >= 4 is 5.91 Å². The van der Waals surface area contributed by atoms with Crippen LogP contribution in [-0.4, -0.2) is 12.5 Å². The summed E-state index contributed by atoms with van der Waals surface area (Å²) in [7, 11) is 0. The number of nitrogens with two attached hydrogens (primary N) is 1. The summed E-state index contributed by atoms with van der Waals surface area (Å²) in [6.45, 7) is 2.54. The predicted octanol–water partition coefficient (Wildman–Crippen LogP) is 1.76. The van der Waals surface area contributed by atoms with Crippen LogP contribution < -0.4 is 11.1 Å². The van der Waals surface area contributed by atoms with Crippen LogP contribution in [0.1, 0.15) is 43.6 Å². The van der Waals surface area contributed by atoms with Gasteiger partial charge in [-0.3, -0.25) is 4.79 Å². The fourth-order valence-corrected chi connectivity index (χ4v) is 2.29. The van der Waals surface area contributed by atoms with Crippen molar-refractivity contribution in [3.05, 3.63) is 23.7 Å². The Bertz CT molecular complexity index is 387. The lowest BCUT2D eigenvalue weighted by Gasteiger charge is -2.23. The van der Waals surface area contributed by atoms with Gasteiger partial charge in [0.1, 0.15) is 5.76 Å². The molecule has 4 heteroatoms. The Morgan fingerprint density at radius 1 is 1.71 bits per heavy atom. The number of aryl methyl sites for hydroxylation is 1. The molecule has 2 unspecified atom stereocenters. The number of carbonyl (C=O) groups excluding carboxylic acids is 1. The molecule has 3 N–H and O–H groups in total. The van der Waals surface area contributed by atoms with Gasteiger partial charge in [-0.1, -0.05) is 6.92 Å². The van der Waals surface area contributed by atoms with Crippen LogP contribution in [-0.2, 0) is 11.2 Å². The zero-order valence-electron chi connectivity index (χ0n) is 10.2. The Kier molecular flexibility index (Phi) is 3.84. The molecule has 2 atom stereocenters. The van der Waals surface area contributed by atoms with Gasteiger partial charge >= 0.3 is 0 Å². The van der Waals surface area contributed by atoms with E-state index < -0.39 is 0 Å². The molecular formula is C13H20N2O2. The standard InChI is InChI=1S/C13H20N2O2/c1-9(8-14)7-13(16)15-11-3-2-4-12-10(11)5-6-17-12/h5-6,9,11H,2-4,7-8,14H2,1H3,(H,15,16). The summed E-state index contributed by atoms with van der Waals surface area (Å²) in [5.74, 6) is 1.35. The topological polar surface area (TPSA) is 68.3 Å². The van der Waals surface area contributed by atoms with Gasteiger partial charge in [-0.15, -0.1) is 0 Å². The molecule has 1 aliphatic carbocycles. The molecule has 4 nitrogen and oxygen atoms in total. The fourth-order valence-electron chi connectivity index (χ4n) is 2.29. The molecule has 1 aromatic rings. The van der Waals surface area contributed by atoms with E-state index in [2.05, 4.69) is 5.32 Å². The molecule has 2 rings (SSSR count). The third kappa shape index (κ3) is 2.88. The molecule has 0 aromatic carbocycles. The maximum atomic E-state index is 11.8. The molecule has 1 amide bonds. The monoisotopic (exact) mass is 236 g/mol. The number of amides is 1. The van der Waals surface area contributed by atoms with Gasteiger partial charge in [-0.25, -0.2) is 0 Å². The first-order chi connectivity index (χ1) is 8.20. The van der Waals surface area contributed by atoms with Gasteiger partial charge in [0.15, 0.2) is 0 Å². The number of carbonyl (C=O) groups is 1. The summed E-state index contributed by atoms with van der Waals surface area (Å²) < 4.78 is 5.40. The molecule has 17 heavy (non-hydrogen) atoms. The van der Waals surface area contributed by atoms with Gasteiger partial charge < -0.3 is 15.5 Å². The van der Waals surface area contributed by atoms with Crippen LogP contribution in [0, 0.1) is 5.92 Å². The van der Waals surface area contributed by atoms with E-state index in [1.807, 2.05) is 13.0 Å². The minimum absolute atomic E-state index is 0.0852. The summed E-state index contributed by atoms with van der Waals surface area (Å²) in [6.07, 6.45) is 5.25. The lowest BCUT2D eigenvalue weighted by Crippen LogP contribution is -2.32. The van der Waals surface area contributed by atoms with Gasteiger partial charge in [-0.05, 0) is 31.4 Å². The SMILES string of the molecule is CC(CN)CC(=O)NC1CCCc2occc21. The van der Waals surface area contributed by atoms with Crippen molar-refractivity contribution in [3.63, 3.8) is 0 Å². The third-order valence-electron chi connectivity index (χ3n) is 3.32. The Hall–Kier alpha value is -1.29. The molecule has 94 valence electrons. The highest BCUT2D eigenvalue weighted by Crippen LogP contribution is 2.30. The van der Waals surface area contributed by atoms with Crippen LogP contribution in [0.4, 0.5) is 0 Å². The second-order valence-corrected chi connectivity index (χ2v) is 4.86. The minimum Gasteiger partial charge on any atom is -0.469 e. The van der Waals surface area contributed by atoms with Crippen LogP contribution >= 0.6 is 0 Å². The normalized spacial score (nSPS) is 20.7. The highest BCUT2D eigenvalue weighted by atomic mass is 16.3. The second-order valence-electron chi connectivity index (χ2n) is 4.86. The molecule has 1 aliphatic rings. The van der Waals surface area contributed by atoms with Crippen LogP contribution in [0.15, 0.2) is 16.7 Å². The molecule has 1 heterocycles. The van der Waals surface area contributed by atoms with Crippen molar-refractivity contribution in [3.8, 4) is 0 Å². The van der Waals surface area contributed by atoms with E-state index in [0.717, 1.165) is 30.6 Å². The number of hydrogen-bond donors (Lipinski definition) is 2. The van der Waals surface area contributed by atoms with Gasteiger partial charge in [0.2, 0.25) is 5.91 Å². The number of rotatable bonds is 4. The number of furan rings is 1. The van der Waals surface area contributed by atoms with E-state index in [1.54, 1.807) is 6.26 Å². The highest BCUT2D eigenvalue weighted by Gasteiger charge is 2.24. The zero-order valence-corrected chi connectivity index (χ0v) is 10.2. The van der Waals surface area contributed by atoms with E-state index in [-0.39, 0.29) is 17.9 Å². The first kappa shape index (κ1) is 12.2. The van der Waals surface area contributed by atoms with E-state index in [0.29, 0.717) is 13.0 Å². The van der Waals surface area contributed by atoms with Gasteiger partial charge in [0, 0.05) is 18.4 Å². The molecule has 0 fully saturated rings. The van der Waals surface area contributed by atoms with E-state index in [4.69, 9.17) is 10.2 Å². The van der Waals surface area contributed by atoms with E-state index >= 15 is 0 Å². The van der Waals surface area contributed by atoms with Gasteiger partial charge in [0.05, 0.1) is 12.3 Å². The average molecular weight is 236 g/mol. The maximum Gasteiger partial charge on any atom is 0.220 e. The highest BCUT2D eigenvalue weighted by molar-refractivity contribution is 5.76. The van der Waals surface area contributed by atoms with Crippen molar-refractivity contribution in [2.75, 3.05) is 6.54 Å². The molecule has 1 aromatic heterocycles. The Balaban J connectivity index is 1.95. The summed E-state index contributed by atoms with van der Waals surface area (Å²) in [4.78, 5) is 11.8. The molecular weight excluding hydrogens is 216 g/mol.